The van der Waals surface area contributed by atoms with E-state index in [0.29, 0.717) is 13.2 Å². The lowest BCUT2D eigenvalue weighted by Crippen LogP contribution is -2.35. The van der Waals surface area contributed by atoms with Gasteiger partial charge in [-0.2, -0.15) is 0 Å². The lowest BCUT2D eigenvalue weighted by Gasteiger charge is -2.18. The fourth-order valence-corrected chi connectivity index (χ4v) is 0.630. The van der Waals surface area contributed by atoms with E-state index in [0.717, 1.165) is 0 Å². The molecule has 70 valence electrons. The number of aliphatic carboxylic acids is 1. The van der Waals surface area contributed by atoms with Crippen LogP contribution in [0.15, 0.2) is 0 Å². The van der Waals surface area contributed by atoms with Gasteiger partial charge in [0.05, 0.1) is 19.8 Å². The molecule has 0 spiro atoms. The number of rotatable bonds is 1. The van der Waals surface area contributed by atoms with Crippen LogP contribution in [0.3, 0.4) is 0 Å². The maximum absolute atomic E-state index is 10.1. The van der Waals surface area contributed by atoms with Crippen molar-refractivity contribution in [3.63, 3.8) is 0 Å². The van der Waals surface area contributed by atoms with Crippen LogP contribution in [0.1, 0.15) is 0 Å². The summed E-state index contributed by atoms with van der Waals surface area (Å²) in [6.07, 6.45) is -0.751. The van der Waals surface area contributed by atoms with Gasteiger partial charge in [0.25, 0.3) is 6.47 Å². The van der Waals surface area contributed by atoms with Crippen molar-refractivity contribution in [2.24, 2.45) is 0 Å². The number of ether oxygens (including phenoxy) is 2. The second kappa shape index (κ2) is 6.56. The average molecular weight is 178 g/mol. The molecule has 1 fully saturated rings. The molecule has 2 N–H and O–H groups in total. The Kier molecular flexibility index (Phi) is 5.94. The van der Waals surface area contributed by atoms with Crippen molar-refractivity contribution in [3.05, 3.63) is 0 Å². The highest BCUT2D eigenvalue weighted by Crippen LogP contribution is 1.99. The van der Waals surface area contributed by atoms with Gasteiger partial charge in [-0.05, 0) is 0 Å². The third-order valence-corrected chi connectivity index (χ3v) is 1.09. The second-order valence-corrected chi connectivity index (χ2v) is 1.88. The summed E-state index contributed by atoms with van der Waals surface area (Å²) in [5, 5.41) is 15.2. The molecule has 1 rings (SSSR count). The van der Waals surface area contributed by atoms with Crippen LogP contribution >= 0.6 is 0 Å². The van der Waals surface area contributed by atoms with Crippen molar-refractivity contribution >= 4 is 12.4 Å². The first-order valence-electron chi connectivity index (χ1n) is 3.22. The van der Waals surface area contributed by atoms with E-state index in [1.807, 2.05) is 0 Å². The highest BCUT2D eigenvalue weighted by Gasteiger charge is 2.20. The number of carbonyl (C=O) groups is 2. The van der Waals surface area contributed by atoms with Crippen LogP contribution < -0.4 is 0 Å². The van der Waals surface area contributed by atoms with Crippen LogP contribution in [0.5, 0.6) is 0 Å². The van der Waals surface area contributed by atoms with E-state index < -0.39 is 12.1 Å². The molecule has 1 atom stereocenters. The highest BCUT2D eigenvalue weighted by atomic mass is 16.6. The molecule has 0 aliphatic carbocycles. The van der Waals surface area contributed by atoms with Gasteiger partial charge in [0.2, 0.25) is 0 Å². The van der Waals surface area contributed by atoms with Gasteiger partial charge in [0.15, 0.2) is 6.10 Å². The van der Waals surface area contributed by atoms with Crippen molar-refractivity contribution in [2.75, 3.05) is 19.8 Å². The van der Waals surface area contributed by atoms with E-state index in [4.69, 9.17) is 24.5 Å². The highest BCUT2D eigenvalue weighted by molar-refractivity contribution is 5.72. The summed E-state index contributed by atoms with van der Waals surface area (Å²) in [5.74, 6) is -0.949. The summed E-state index contributed by atoms with van der Waals surface area (Å²) in [6.45, 7) is 0.816. The molecule has 1 unspecified atom stereocenters. The Morgan fingerprint density at radius 2 is 2.08 bits per heavy atom. The topological polar surface area (TPSA) is 93.1 Å². The minimum atomic E-state index is -0.949. The van der Waals surface area contributed by atoms with Crippen LogP contribution in [-0.2, 0) is 19.1 Å². The molecule has 6 heteroatoms. The number of hydrogen-bond donors (Lipinski definition) is 2. The van der Waals surface area contributed by atoms with Gasteiger partial charge < -0.3 is 19.7 Å². The third kappa shape index (κ3) is 4.64. The van der Waals surface area contributed by atoms with Crippen LogP contribution in [0, 0.1) is 0 Å². The molecule has 1 aliphatic heterocycles. The molecule has 0 aromatic carbocycles. The lowest BCUT2D eigenvalue weighted by molar-refractivity contribution is -0.164. The molecule has 0 aromatic heterocycles. The number of carboxylic acid groups (broad SMARTS) is 2. The first kappa shape index (κ1) is 10.9. The van der Waals surface area contributed by atoms with Gasteiger partial charge in [-0.25, -0.2) is 4.79 Å². The zero-order valence-electron chi connectivity index (χ0n) is 6.30. The molecule has 1 aliphatic rings. The van der Waals surface area contributed by atoms with E-state index >= 15 is 0 Å². The molecular weight excluding hydrogens is 168 g/mol. The van der Waals surface area contributed by atoms with Crippen LogP contribution in [0.2, 0.25) is 0 Å². The molecule has 12 heavy (non-hydrogen) atoms. The normalized spacial score (nSPS) is 21.8. The van der Waals surface area contributed by atoms with E-state index in [2.05, 4.69) is 0 Å². The molecular formula is C6H10O6. The first-order valence-corrected chi connectivity index (χ1v) is 3.22. The van der Waals surface area contributed by atoms with Crippen molar-refractivity contribution in [3.8, 4) is 0 Å². The smallest absolute Gasteiger partial charge is 0.335 e. The van der Waals surface area contributed by atoms with Gasteiger partial charge in [0, 0.05) is 0 Å². The average Bonchev–Trinajstić information content (AvgIpc) is 2.07. The monoisotopic (exact) mass is 178 g/mol. The Hall–Kier alpha value is -1.14. The quantitative estimate of drug-likeness (QED) is 0.510. The molecule has 0 saturated carbocycles. The Labute approximate surface area is 68.7 Å². The Bertz CT molecular complexity index is 139. The fourth-order valence-electron chi connectivity index (χ4n) is 0.630. The third-order valence-electron chi connectivity index (χ3n) is 1.09. The number of hydrogen-bond acceptors (Lipinski definition) is 4. The Morgan fingerprint density at radius 1 is 1.50 bits per heavy atom. The van der Waals surface area contributed by atoms with Crippen molar-refractivity contribution < 1.29 is 29.3 Å². The van der Waals surface area contributed by atoms with Gasteiger partial charge >= 0.3 is 5.97 Å². The lowest BCUT2D eigenvalue weighted by atomic mass is 10.4. The summed E-state index contributed by atoms with van der Waals surface area (Å²) in [7, 11) is 0. The molecule has 1 heterocycles. The minimum absolute atomic E-state index is 0.176. The molecule has 0 bridgehead atoms. The summed E-state index contributed by atoms with van der Waals surface area (Å²) >= 11 is 0. The minimum Gasteiger partial charge on any atom is -0.483 e. The molecule has 6 nitrogen and oxygen atoms in total. The standard InChI is InChI=1S/C5H8O4.CH2O2/c6-5(7)4-3-8-1-2-9-4;2-1-3/h4H,1-3H2,(H,6,7);1H,(H,2,3). The summed E-state index contributed by atoms with van der Waals surface area (Å²) in [5.41, 5.74) is 0. The van der Waals surface area contributed by atoms with Crippen molar-refractivity contribution in [1.82, 2.24) is 0 Å². The summed E-state index contributed by atoms with van der Waals surface area (Å²) in [6, 6.07) is 0. The Morgan fingerprint density at radius 3 is 2.33 bits per heavy atom. The number of carboxylic acids is 1. The van der Waals surface area contributed by atoms with Crippen LogP contribution in [0.4, 0.5) is 0 Å². The molecule has 1 saturated heterocycles. The fraction of sp³-hybridized carbons (Fsp3) is 0.667. The SMILES string of the molecule is O=C(O)C1COCCO1.O=CO. The zero-order valence-corrected chi connectivity index (χ0v) is 6.30. The van der Waals surface area contributed by atoms with Gasteiger partial charge in [-0.15, -0.1) is 0 Å². The Balaban J connectivity index is 0.000000354. The van der Waals surface area contributed by atoms with Gasteiger partial charge in [0.1, 0.15) is 0 Å². The largest absolute Gasteiger partial charge is 0.483 e. The van der Waals surface area contributed by atoms with E-state index in [1.54, 1.807) is 0 Å². The molecule has 0 amide bonds. The van der Waals surface area contributed by atoms with Crippen LogP contribution in [0.25, 0.3) is 0 Å². The van der Waals surface area contributed by atoms with E-state index in [-0.39, 0.29) is 13.1 Å². The summed E-state index contributed by atoms with van der Waals surface area (Å²) in [4.78, 5) is 18.5. The van der Waals surface area contributed by atoms with Gasteiger partial charge in [-0.3, -0.25) is 4.79 Å². The first-order chi connectivity index (χ1) is 5.72. The van der Waals surface area contributed by atoms with Gasteiger partial charge in [-0.1, -0.05) is 0 Å². The van der Waals surface area contributed by atoms with Crippen molar-refractivity contribution in [1.29, 1.82) is 0 Å². The maximum Gasteiger partial charge on any atom is 0.335 e. The van der Waals surface area contributed by atoms with Crippen LogP contribution in [-0.4, -0.2) is 48.6 Å². The maximum atomic E-state index is 10.1. The molecule has 0 aromatic rings. The van der Waals surface area contributed by atoms with E-state index in [9.17, 15) is 4.79 Å². The summed E-state index contributed by atoms with van der Waals surface area (Å²) < 4.78 is 9.65. The second-order valence-electron chi connectivity index (χ2n) is 1.88. The van der Waals surface area contributed by atoms with E-state index in [1.165, 1.54) is 0 Å². The van der Waals surface area contributed by atoms with Crippen molar-refractivity contribution in [2.45, 2.75) is 6.10 Å². The predicted molar refractivity (Wildman–Crippen MR) is 36.9 cm³/mol. The zero-order chi connectivity index (χ0) is 9.40. The predicted octanol–water partition coefficient (Wildman–Crippen LogP) is -0.813. The molecule has 0 radical (unpaired) electrons.